The largest absolute Gasteiger partial charge is 0.392 e. The van der Waals surface area contributed by atoms with E-state index < -0.39 is 23.5 Å². The van der Waals surface area contributed by atoms with Crippen LogP contribution in [-0.4, -0.2) is 58.8 Å². The highest BCUT2D eigenvalue weighted by atomic mass is 32.1. The van der Waals surface area contributed by atoms with E-state index in [4.69, 9.17) is 9.47 Å². The molecular weight excluding hydrogens is 476 g/mol. The Morgan fingerprint density at radius 3 is 2.61 bits per heavy atom. The van der Waals surface area contributed by atoms with E-state index in [0.29, 0.717) is 6.42 Å². The second kappa shape index (κ2) is 11.4. The van der Waals surface area contributed by atoms with Crippen LogP contribution in [0.1, 0.15) is 84.3 Å². The van der Waals surface area contributed by atoms with Gasteiger partial charge in [-0.1, -0.05) is 34.1 Å². The molecule has 3 rings (SSSR count). The van der Waals surface area contributed by atoms with Crippen LogP contribution >= 0.6 is 11.3 Å². The Labute approximate surface area is 220 Å². The summed E-state index contributed by atoms with van der Waals surface area (Å²) >= 11 is 1.60. The molecule has 1 amide bonds. The molecule has 2 aliphatic heterocycles. The van der Waals surface area contributed by atoms with Crippen molar-refractivity contribution in [2.24, 2.45) is 17.3 Å². The van der Waals surface area contributed by atoms with Crippen molar-refractivity contribution < 1.29 is 24.2 Å². The Bertz CT molecular complexity index is 973. The number of ether oxygens (including phenoxy) is 2. The van der Waals surface area contributed by atoms with Crippen LogP contribution in [0.2, 0.25) is 0 Å². The molecule has 0 spiro atoms. The van der Waals surface area contributed by atoms with E-state index >= 15 is 0 Å². The van der Waals surface area contributed by atoms with Crippen LogP contribution in [0.15, 0.2) is 11.0 Å². The fraction of sp³-hybridized carbons (Fsp3) is 0.750. The summed E-state index contributed by atoms with van der Waals surface area (Å²) in [6.07, 6.45) is 4.04. The second-order valence-corrected chi connectivity index (χ2v) is 12.7. The van der Waals surface area contributed by atoms with Gasteiger partial charge in [0.2, 0.25) is 5.91 Å². The predicted molar refractivity (Wildman–Crippen MR) is 143 cm³/mol. The number of hydrogen-bond donors (Lipinski definition) is 2. The first kappa shape index (κ1) is 29.0. The lowest BCUT2D eigenvalue weighted by Gasteiger charge is -2.36. The summed E-state index contributed by atoms with van der Waals surface area (Å²) in [5.74, 6) is -0.829. The van der Waals surface area contributed by atoms with Gasteiger partial charge in [0.1, 0.15) is 5.78 Å². The number of aliphatic hydroxyl groups is 1. The molecule has 0 aliphatic carbocycles. The van der Waals surface area contributed by atoms with Gasteiger partial charge in [0, 0.05) is 24.8 Å². The number of nitrogens with one attached hydrogen (secondary N) is 1. The SMILES string of the molecule is CO[C@H]1CC(=O)N[C@H](/C(C)=C/c2csc(C)n2)C[C@@H]2O[C@]2(C)CCC[C@H](C)[C@H](O)[C@@H](C)C(=O)C1(C)C. The van der Waals surface area contributed by atoms with E-state index in [1.54, 1.807) is 18.3 Å². The number of ketones is 1. The Morgan fingerprint density at radius 1 is 1.31 bits per heavy atom. The Balaban J connectivity index is 1.88. The number of thiazole rings is 1. The first-order chi connectivity index (χ1) is 16.8. The summed E-state index contributed by atoms with van der Waals surface area (Å²) in [5.41, 5.74) is 0.738. The fourth-order valence-electron chi connectivity index (χ4n) is 5.56. The van der Waals surface area contributed by atoms with Crippen molar-refractivity contribution in [3.63, 3.8) is 0 Å². The lowest BCUT2D eigenvalue weighted by atomic mass is 9.72. The Morgan fingerprint density at radius 2 is 2.00 bits per heavy atom. The molecule has 8 heteroatoms. The third-order valence-corrected chi connectivity index (χ3v) is 9.11. The van der Waals surface area contributed by atoms with Crippen molar-refractivity contribution in [3.8, 4) is 0 Å². The van der Waals surface area contributed by atoms with Crippen molar-refractivity contribution in [3.05, 3.63) is 21.7 Å². The van der Waals surface area contributed by atoms with E-state index in [-0.39, 0.29) is 41.8 Å². The molecule has 1 aromatic heterocycles. The van der Waals surface area contributed by atoms with Crippen molar-refractivity contribution in [2.75, 3.05) is 7.11 Å². The minimum absolute atomic E-state index is 0.0164. The highest BCUT2D eigenvalue weighted by Gasteiger charge is 2.52. The zero-order chi connectivity index (χ0) is 26.8. The summed E-state index contributed by atoms with van der Waals surface area (Å²) in [6.45, 7) is 13.5. The van der Waals surface area contributed by atoms with Gasteiger partial charge < -0.3 is 19.9 Å². The second-order valence-electron chi connectivity index (χ2n) is 11.6. The van der Waals surface area contributed by atoms with Crippen LogP contribution in [0.4, 0.5) is 0 Å². The third kappa shape index (κ3) is 6.63. The van der Waals surface area contributed by atoms with Crippen LogP contribution in [0, 0.1) is 24.2 Å². The number of aryl methyl sites for hydroxylation is 1. The monoisotopic (exact) mass is 520 g/mol. The van der Waals surface area contributed by atoms with Gasteiger partial charge in [-0.25, -0.2) is 4.98 Å². The molecule has 2 aliphatic rings. The summed E-state index contributed by atoms with van der Waals surface area (Å²) in [6, 6.07) is -0.213. The van der Waals surface area contributed by atoms with Crippen molar-refractivity contribution in [2.45, 2.75) is 111 Å². The Hall–Kier alpha value is -1.61. The molecule has 0 aromatic carbocycles. The van der Waals surface area contributed by atoms with E-state index in [1.165, 1.54) is 7.11 Å². The van der Waals surface area contributed by atoms with Crippen molar-refractivity contribution >= 4 is 29.1 Å². The molecule has 2 saturated heterocycles. The topological polar surface area (TPSA) is 101 Å². The molecule has 2 N–H and O–H groups in total. The van der Waals surface area contributed by atoms with Crippen molar-refractivity contribution in [1.29, 1.82) is 0 Å². The lowest BCUT2D eigenvalue weighted by Crippen LogP contribution is -2.48. The molecule has 36 heavy (non-hydrogen) atoms. The van der Waals surface area contributed by atoms with Gasteiger partial charge in [0.05, 0.1) is 52.5 Å². The van der Waals surface area contributed by atoms with Crippen LogP contribution in [-0.2, 0) is 19.1 Å². The predicted octanol–water partition coefficient (Wildman–Crippen LogP) is 4.70. The van der Waals surface area contributed by atoms with Gasteiger partial charge in [-0.3, -0.25) is 9.59 Å². The first-order valence-electron chi connectivity index (χ1n) is 13.1. The first-order valence-corrected chi connectivity index (χ1v) is 14.0. The molecule has 202 valence electrons. The number of hydrogen-bond acceptors (Lipinski definition) is 7. The number of rotatable bonds is 3. The van der Waals surface area contributed by atoms with E-state index in [1.807, 2.05) is 46.1 Å². The molecule has 7 atom stereocenters. The maximum atomic E-state index is 13.5. The van der Waals surface area contributed by atoms with Gasteiger partial charge in [0.15, 0.2) is 0 Å². The summed E-state index contributed by atoms with van der Waals surface area (Å²) in [4.78, 5) is 31.3. The molecule has 1 aromatic rings. The zero-order valence-electron chi connectivity index (χ0n) is 23.1. The smallest absolute Gasteiger partial charge is 0.223 e. The van der Waals surface area contributed by atoms with Gasteiger partial charge in [-0.05, 0) is 51.2 Å². The Kier molecular flexibility index (Phi) is 9.18. The summed E-state index contributed by atoms with van der Waals surface area (Å²) in [5, 5.41) is 17.1. The number of aromatic nitrogens is 1. The van der Waals surface area contributed by atoms with E-state index in [9.17, 15) is 14.7 Å². The minimum Gasteiger partial charge on any atom is -0.392 e. The molecular formula is C28H44N2O5S. The molecule has 3 heterocycles. The number of aliphatic hydroxyl groups excluding tert-OH is 1. The number of amides is 1. The number of methoxy groups -OCH3 is 1. The maximum absolute atomic E-state index is 13.5. The number of fused-ring (bicyclic) bond motifs is 1. The average Bonchev–Trinajstić information content (AvgIpc) is 3.26. The van der Waals surface area contributed by atoms with E-state index in [2.05, 4.69) is 17.2 Å². The van der Waals surface area contributed by atoms with Gasteiger partial charge in [0.25, 0.3) is 0 Å². The number of epoxide rings is 1. The molecule has 0 radical (unpaired) electrons. The van der Waals surface area contributed by atoms with Crippen LogP contribution in [0.5, 0.6) is 0 Å². The van der Waals surface area contributed by atoms with Crippen LogP contribution in [0.25, 0.3) is 6.08 Å². The minimum atomic E-state index is -0.931. The normalized spacial score (nSPS) is 36.8. The number of carbonyl (C=O) groups excluding carboxylic acids is 2. The fourth-order valence-corrected chi connectivity index (χ4v) is 6.13. The van der Waals surface area contributed by atoms with Gasteiger partial charge >= 0.3 is 0 Å². The quantitative estimate of drug-likeness (QED) is 0.560. The standard InChI is InChI=1S/C28H44N2O5S/c1-16-10-9-11-28(7)23(35-28)13-21(17(2)12-20-15-36-19(4)29-20)30-24(31)14-22(34-8)27(5,6)26(33)18(3)25(16)32/h12,15-16,18,21-23,25,32H,9-11,13-14H2,1-8H3,(H,30,31)/b17-12+/t16-,18+,21-,22-,23-,25-,28+/m0/s1. The van der Waals surface area contributed by atoms with Crippen molar-refractivity contribution in [1.82, 2.24) is 10.3 Å². The van der Waals surface area contributed by atoms with Crippen LogP contribution in [0.3, 0.4) is 0 Å². The highest BCUT2D eigenvalue weighted by Crippen LogP contribution is 2.44. The van der Waals surface area contributed by atoms with Gasteiger partial charge in [-0.2, -0.15) is 0 Å². The number of nitrogens with zero attached hydrogens (tertiary/aromatic N) is 1. The number of carbonyl (C=O) groups is 2. The summed E-state index contributed by atoms with van der Waals surface area (Å²) in [7, 11) is 1.53. The third-order valence-electron chi connectivity index (χ3n) is 8.32. The highest BCUT2D eigenvalue weighted by molar-refractivity contribution is 7.09. The molecule has 0 saturated carbocycles. The maximum Gasteiger partial charge on any atom is 0.223 e. The number of Topliss-reactive ketones (excluding diaryl/α,β-unsaturated/α-hetero) is 1. The molecule has 7 nitrogen and oxygen atoms in total. The van der Waals surface area contributed by atoms with Crippen LogP contribution < -0.4 is 5.32 Å². The van der Waals surface area contributed by atoms with E-state index in [0.717, 1.165) is 35.5 Å². The molecule has 0 bridgehead atoms. The summed E-state index contributed by atoms with van der Waals surface area (Å²) < 4.78 is 11.8. The average molecular weight is 521 g/mol. The molecule has 0 unspecified atom stereocenters. The molecule has 2 fully saturated rings. The zero-order valence-corrected chi connectivity index (χ0v) is 23.9. The van der Waals surface area contributed by atoms with Gasteiger partial charge in [-0.15, -0.1) is 11.3 Å². The lowest BCUT2D eigenvalue weighted by molar-refractivity contribution is -0.145.